The molecule has 4 heterocycles. The maximum atomic E-state index is 11.1. The smallest absolute Gasteiger partial charge is 0.317 e. The number of nitrogens with zero attached hydrogens (tertiary/aromatic N) is 4. The van der Waals surface area contributed by atoms with Gasteiger partial charge in [-0.2, -0.15) is 0 Å². The number of carbonyl (C=O) groups excluding carboxylic acids is 1. The van der Waals surface area contributed by atoms with Gasteiger partial charge in [-0.15, -0.1) is 0 Å². The lowest BCUT2D eigenvalue weighted by Crippen LogP contribution is -2.30. The summed E-state index contributed by atoms with van der Waals surface area (Å²) < 4.78 is 13.2. The van der Waals surface area contributed by atoms with Crippen LogP contribution in [0.1, 0.15) is 12.1 Å². The van der Waals surface area contributed by atoms with Crippen molar-refractivity contribution in [3.8, 4) is 11.3 Å². The zero-order valence-corrected chi connectivity index (χ0v) is 15.1. The standard InChI is InChI=1S/C18H20N6O3/c1-24-9-12(11-5-16(23-17(19)25)21-7-14(11)24)13-6-20-8-15(22-13)18(26-2)3-4-27-10-18/h5-9H,3-4,10H2,1-2H3,(H3,19,21,23,25). The highest BCUT2D eigenvalue weighted by molar-refractivity contribution is 5.97. The number of rotatable bonds is 4. The highest BCUT2D eigenvalue weighted by atomic mass is 16.5. The maximum absolute atomic E-state index is 11.1. The topological polar surface area (TPSA) is 117 Å². The highest BCUT2D eigenvalue weighted by Gasteiger charge is 2.38. The first-order valence-corrected chi connectivity index (χ1v) is 8.50. The number of amides is 2. The van der Waals surface area contributed by atoms with E-state index in [2.05, 4.69) is 15.3 Å². The van der Waals surface area contributed by atoms with Gasteiger partial charge >= 0.3 is 6.03 Å². The van der Waals surface area contributed by atoms with Gasteiger partial charge in [-0.3, -0.25) is 10.3 Å². The van der Waals surface area contributed by atoms with E-state index in [4.69, 9.17) is 20.2 Å². The van der Waals surface area contributed by atoms with Gasteiger partial charge in [0.25, 0.3) is 0 Å². The number of pyridine rings is 1. The summed E-state index contributed by atoms with van der Waals surface area (Å²) >= 11 is 0. The molecular weight excluding hydrogens is 348 g/mol. The molecule has 0 spiro atoms. The number of primary amides is 1. The Hall–Kier alpha value is -3.04. The fourth-order valence-electron chi connectivity index (χ4n) is 3.41. The summed E-state index contributed by atoms with van der Waals surface area (Å²) in [7, 11) is 3.59. The third-order valence-corrected chi connectivity index (χ3v) is 4.88. The van der Waals surface area contributed by atoms with Crippen LogP contribution in [0.2, 0.25) is 0 Å². The Balaban J connectivity index is 1.82. The normalized spacial score (nSPS) is 19.5. The Morgan fingerprint density at radius 2 is 2.26 bits per heavy atom. The Kier molecular flexibility index (Phi) is 4.25. The Labute approximate surface area is 155 Å². The summed E-state index contributed by atoms with van der Waals surface area (Å²) in [6.07, 6.45) is 7.79. The van der Waals surface area contributed by atoms with E-state index in [9.17, 15) is 4.79 Å². The van der Waals surface area contributed by atoms with E-state index >= 15 is 0 Å². The average molecular weight is 368 g/mol. The number of ether oxygens (including phenoxy) is 2. The summed E-state index contributed by atoms with van der Waals surface area (Å²) in [5.41, 5.74) is 7.84. The van der Waals surface area contributed by atoms with Crippen LogP contribution in [0.15, 0.2) is 30.9 Å². The zero-order valence-electron chi connectivity index (χ0n) is 15.1. The number of nitrogens with one attached hydrogen (secondary N) is 1. The van der Waals surface area contributed by atoms with Crippen molar-refractivity contribution in [3.05, 3.63) is 36.5 Å². The molecule has 1 aliphatic rings. The van der Waals surface area contributed by atoms with Crippen molar-refractivity contribution in [2.24, 2.45) is 12.8 Å². The van der Waals surface area contributed by atoms with E-state index in [-0.39, 0.29) is 0 Å². The fraction of sp³-hybridized carbons (Fsp3) is 0.333. The first-order chi connectivity index (χ1) is 13.0. The molecule has 0 aliphatic carbocycles. The van der Waals surface area contributed by atoms with Gasteiger partial charge in [0.1, 0.15) is 11.4 Å². The molecule has 3 aromatic heterocycles. The van der Waals surface area contributed by atoms with Crippen molar-refractivity contribution in [1.82, 2.24) is 19.5 Å². The van der Waals surface area contributed by atoms with Crippen LogP contribution in [0.4, 0.5) is 10.6 Å². The minimum Gasteiger partial charge on any atom is -0.378 e. The van der Waals surface area contributed by atoms with Crippen LogP contribution in [-0.2, 0) is 22.1 Å². The first kappa shape index (κ1) is 17.4. The third kappa shape index (κ3) is 3.00. The van der Waals surface area contributed by atoms with Crippen molar-refractivity contribution in [3.63, 3.8) is 0 Å². The Morgan fingerprint density at radius 3 is 2.96 bits per heavy atom. The summed E-state index contributed by atoms with van der Waals surface area (Å²) in [4.78, 5) is 24.5. The van der Waals surface area contributed by atoms with Crippen molar-refractivity contribution >= 4 is 22.8 Å². The zero-order chi connectivity index (χ0) is 19.0. The van der Waals surface area contributed by atoms with E-state index in [0.29, 0.717) is 24.7 Å². The number of fused-ring (bicyclic) bond motifs is 1. The lowest BCUT2D eigenvalue weighted by molar-refractivity contribution is -0.0248. The summed E-state index contributed by atoms with van der Waals surface area (Å²) in [5, 5.41) is 3.39. The monoisotopic (exact) mass is 368 g/mol. The number of carbonyl (C=O) groups is 1. The number of nitrogens with two attached hydrogens (primary N) is 1. The molecule has 0 bridgehead atoms. The van der Waals surface area contributed by atoms with E-state index < -0.39 is 11.6 Å². The van der Waals surface area contributed by atoms with Crippen LogP contribution < -0.4 is 11.1 Å². The van der Waals surface area contributed by atoms with Gasteiger partial charge in [-0.1, -0.05) is 0 Å². The molecule has 4 rings (SSSR count). The molecule has 1 atom stereocenters. The molecule has 140 valence electrons. The summed E-state index contributed by atoms with van der Waals surface area (Å²) in [6, 6.07) is 1.11. The van der Waals surface area contributed by atoms with Gasteiger partial charge < -0.3 is 19.8 Å². The van der Waals surface area contributed by atoms with Crippen LogP contribution >= 0.6 is 0 Å². The number of urea groups is 1. The van der Waals surface area contributed by atoms with Crippen LogP contribution in [0.25, 0.3) is 22.2 Å². The number of anilines is 1. The molecule has 9 heteroatoms. The van der Waals surface area contributed by atoms with Gasteiger partial charge in [-0.05, 0) is 6.07 Å². The molecule has 0 radical (unpaired) electrons. The van der Waals surface area contributed by atoms with E-state index in [1.54, 1.807) is 31.8 Å². The molecule has 1 aliphatic heterocycles. The van der Waals surface area contributed by atoms with Gasteiger partial charge in [0.2, 0.25) is 0 Å². The van der Waals surface area contributed by atoms with Crippen LogP contribution in [-0.4, -0.2) is 45.9 Å². The number of hydrogen-bond acceptors (Lipinski definition) is 6. The number of aromatic nitrogens is 4. The molecule has 2 amide bonds. The minimum absolute atomic E-state index is 0.379. The second kappa shape index (κ2) is 6.60. The van der Waals surface area contributed by atoms with Crippen molar-refractivity contribution in [2.45, 2.75) is 12.0 Å². The predicted octanol–water partition coefficient (Wildman–Crippen LogP) is 1.78. The molecule has 1 saturated heterocycles. The third-order valence-electron chi connectivity index (χ3n) is 4.88. The minimum atomic E-state index is -0.663. The molecule has 3 N–H and O–H groups in total. The van der Waals surface area contributed by atoms with Crippen molar-refractivity contribution in [2.75, 3.05) is 25.6 Å². The molecule has 1 unspecified atom stereocenters. The molecule has 0 saturated carbocycles. The second-order valence-corrected chi connectivity index (χ2v) is 6.52. The molecule has 9 nitrogen and oxygen atoms in total. The van der Waals surface area contributed by atoms with Gasteiger partial charge in [0.15, 0.2) is 0 Å². The van der Waals surface area contributed by atoms with Gasteiger partial charge in [0, 0.05) is 44.3 Å². The van der Waals surface area contributed by atoms with E-state index in [0.717, 1.165) is 28.6 Å². The average Bonchev–Trinajstić information content (AvgIpc) is 3.27. The molecular formula is C18H20N6O3. The predicted molar refractivity (Wildman–Crippen MR) is 99.1 cm³/mol. The molecule has 0 aromatic carbocycles. The van der Waals surface area contributed by atoms with E-state index in [1.807, 2.05) is 17.8 Å². The maximum Gasteiger partial charge on any atom is 0.317 e. The lowest BCUT2D eigenvalue weighted by atomic mass is 9.98. The lowest BCUT2D eigenvalue weighted by Gasteiger charge is -2.24. The molecule has 3 aromatic rings. The van der Waals surface area contributed by atoms with E-state index in [1.165, 1.54) is 0 Å². The van der Waals surface area contributed by atoms with Gasteiger partial charge in [0.05, 0.1) is 42.1 Å². The Morgan fingerprint density at radius 1 is 1.41 bits per heavy atom. The molecule has 1 fully saturated rings. The quantitative estimate of drug-likeness (QED) is 0.725. The second-order valence-electron chi connectivity index (χ2n) is 6.52. The SMILES string of the molecule is COC1(c2cncc(-c3cn(C)c4cnc(NC(N)=O)cc34)n2)CCOC1. The first-order valence-electron chi connectivity index (χ1n) is 8.50. The molecule has 27 heavy (non-hydrogen) atoms. The number of hydrogen-bond donors (Lipinski definition) is 2. The summed E-state index contributed by atoms with van der Waals surface area (Å²) in [5.74, 6) is 0.379. The Bertz CT molecular complexity index is 1010. The summed E-state index contributed by atoms with van der Waals surface area (Å²) in [6.45, 7) is 1.08. The highest BCUT2D eigenvalue weighted by Crippen LogP contribution is 2.35. The van der Waals surface area contributed by atoms with Crippen molar-refractivity contribution < 1.29 is 14.3 Å². The van der Waals surface area contributed by atoms with Crippen molar-refractivity contribution in [1.29, 1.82) is 0 Å². The largest absolute Gasteiger partial charge is 0.378 e. The van der Waals surface area contributed by atoms with Crippen LogP contribution in [0.3, 0.4) is 0 Å². The van der Waals surface area contributed by atoms with Crippen LogP contribution in [0, 0.1) is 0 Å². The number of aryl methyl sites for hydroxylation is 1. The van der Waals surface area contributed by atoms with Crippen LogP contribution in [0.5, 0.6) is 0 Å². The fourth-order valence-corrected chi connectivity index (χ4v) is 3.41. The number of methoxy groups -OCH3 is 1. The van der Waals surface area contributed by atoms with Gasteiger partial charge in [-0.25, -0.2) is 14.8 Å².